The summed E-state index contributed by atoms with van der Waals surface area (Å²) in [5.74, 6) is 0.272. The van der Waals surface area contributed by atoms with Crippen LogP contribution in [0, 0.1) is 5.82 Å². The van der Waals surface area contributed by atoms with E-state index < -0.39 is 0 Å². The molecule has 0 spiro atoms. The zero-order valence-electron chi connectivity index (χ0n) is 7.71. The van der Waals surface area contributed by atoms with E-state index in [1.54, 1.807) is 18.2 Å². The number of aromatic nitrogens is 1. The van der Waals surface area contributed by atoms with E-state index in [1.807, 2.05) is 0 Å². The van der Waals surface area contributed by atoms with E-state index in [0.717, 1.165) is 5.56 Å². The topological polar surface area (TPSA) is 52.0 Å². The summed E-state index contributed by atoms with van der Waals surface area (Å²) in [6.45, 7) is 0.325. The van der Waals surface area contributed by atoms with Gasteiger partial charge in [0.05, 0.1) is 10.2 Å². The summed E-state index contributed by atoms with van der Waals surface area (Å²) in [6.07, 6.45) is 0. The zero-order chi connectivity index (χ0) is 10.8. The van der Waals surface area contributed by atoms with Gasteiger partial charge in [-0.15, -0.1) is 0 Å². The van der Waals surface area contributed by atoms with Crippen LogP contribution in [0.25, 0.3) is 11.3 Å². The number of nitrogens with two attached hydrogens (primary N) is 1. The molecule has 2 aromatic rings. The van der Waals surface area contributed by atoms with Crippen LogP contribution in [0.5, 0.6) is 0 Å². The van der Waals surface area contributed by atoms with Gasteiger partial charge in [-0.2, -0.15) is 0 Å². The second-order valence-electron chi connectivity index (χ2n) is 3.02. The highest BCUT2D eigenvalue weighted by atomic mass is 79.9. The molecule has 15 heavy (non-hydrogen) atoms. The summed E-state index contributed by atoms with van der Waals surface area (Å²) >= 11 is 3.11. The first-order valence-electron chi connectivity index (χ1n) is 4.32. The molecule has 0 radical (unpaired) electrons. The molecule has 0 aliphatic heterocycles. The van der Waals surface area contributed by atoms with Crippen molar-refractivity contribution in [1.29, 1.82) is 0 Å². The molecule has 0 aliphatic carbocycles. The number of nitrogens with zero attached hydrogens (tertiary/aromatic N) is 1. The smallest absolute Gasteiger partial charge is 0.167 e. The molecule has 0 bridgehead atoms. The monoisotopic (exact) mass is 270 g/mol. The summed E-state index contributed by atoms with van der Waals surface area (Å²) in [5, 5.41) is 3.75. The fourth-order valence-corrected chi connectivity index (χ4v) is 1.57. The van der Waals surface area contributed by atoms with Crippen LogP contribution in [0.3, 0.4) is 0 Å². The molecule has 0 saturated heterocycles. The van der Waals surface area contributed by atoms with E-state index in [2.05, 4.69) is 21.1 Å². The lowest BCUT2D eigenvalue weighted by molar-refractivity contribution is 0.424. The molecule has 0 saturated carbocycles. The van der Waals surface area contributed by atoms with Gasteiger partial charge in [-0.25, -0.2) is 4.39 Å². The summed E-state index contributed by atoms with van der Waals surface area (Å²) < 4.78 is 18.4. The molecule has 0 amide bonds. The minimum absolute atomic E-state index is 0.308. The van der Waals surface area contributed by atoms with Crippen LogP contribution in [0.2, 0.25) is 0 Å². The molecule has 5 heteroatoms. The van der Waals surface area contributed by atoms with Crippen molar-refractivity contribution in [3.63, 3.8) is 0 Å². The molecule has 0 unspecified atom stereocenters. The summed E-state index contributed by atoms with van der Waals surface area (Å²) in [5.41, 5.74) is 6.83. The zero-order valence-corrected chi connectivity index (χ0v) is 9.29. The van der Waals surface area contributed by atoms with Crippen molar-refractivity contribution in [1.82, 2.24) is 5.16 Å². The molecular formula is C10H8BrFN2O. The summed E-state index contributed by atoms with van der Waals surface area (Å²) in [7, 11) is 0. The second kappa shape index (κ2) is 4.12. The Morgan fingerprint density at radius 2 is 2.20 bits per heavy atom. The second-order valence-corrected chi connectivity index (χ2v) is 3.87. The van der Waals surface area contributed by atoms with Crippen LogP contribution < -0.4 is 5.73 Å². The van der Waals surface area contributed by atoms with Gasteiger partial charge in [-0.3, -0.25) is 0 Å². The lowest BCUT2D eigenvalue weighted by Crippen LogP contribution is -1.94. The van der Waals surface area contributed by atoms with Crippen LogP contribution in [-0.4, -0.2) is 5.16 Å². The quantitative estimate of drug-likeness (QED) is 0.913. The van der Waals surface area contributed by atoms with Gasteiger partial charge in [0, 0.05) is 18.2 Å². The SMILES string of the molecule is NCc1cc(-c2ccc(F)c(Br)c2)on1. The Bertz CT molecular complexity index is 484. The van der Waals surface area contributed by atoms with Gasteiger partial charge in [0.1, 0.15) is 5.82 Å². The largest absolute Gasteiger partial charge is 0.356 e. The van der Waals surface area contributed by atoms with Gasteiger partial charge in [0.15, 0.2) is 5.76 Å². The molecule has 1 aromatic heterocycles. The lowest BCUT2D eigenvalue weighted by Gasteiger charge is -1.97. The van der Waals surface area contributed by atoms with Crippen molar-refractivity contribution in [2.75, 3.05) is 0 Å². The molecule has 2 N–H and O–H groups in total. The highest BCUT2D eigenvalue weighted by Gasteiger charge is 2.07. The van der Waals surface area contributed by atoms with Gasteiger partial charge in [0.2, 0.25) is 0 Å². The normalized spacial score (nSPS) is 10.6. The highest BCUT2D eigenvalue weighted by molar-refractivity contribution is 9.10. The van der Waals surface area contributed by atoms with E-state index >= 15 is 0 Å². The molecule has 1 aromatic carbocycles. The maximum atomic E-state index is 13.0. The van der Waals surface area contributed by atoms with Crippen LogP contribution in [0.15, 0.2) is 33.3 Å². The molecule has 0 fully saturated rings. The van der Waals surface area contributed by atoms with Crippen molar-refractivity contribution in [2.24, 2.45) is 5.73 Å². The Morgan fingerprint density at radius 3 is 2.80 bits per heavy atom. The lowest BCUT2D eigenvalue weighted by atomic mass is 10.1. The molecule has 2 rings (SSSR count). The van der Waals surface area contributed by atoms with E-state index in [9.17, 15) is 4.39 Å². The Labute approximate surface area is 94.2 Å². The minimum atomic E-state index is -0.308. The number of hydrogen-bond acceptors (Lipinski definition) is 3. The van der Waals surface area contributed by atoms with E-state index in [0.29, 0.717) is 22.5 Å². The molecule has 1 heterocycles. The van der Waals surface area contributed by atoms with Gasteiger partial charge in [-0.1, -0.05) is 5.16 Å². The van der Waals surface area contributed by atoms with Crippen molar-refractivity contribution in [2.45, 2.75) is 6.54 Å². The van der Waals surface area contributed by atoms with Crippen LogP contribution in [0.1, 0.15) is 5.69 Å². The van der Waals surface area contributed by atoms with Gasteiger partial charge in [0.25, 0.3) is 0 Å². The van der Waals surface area contributed by atoms with E-state index in [-0.39, 0.29) is 5.82 Å². The Balaban J connectivity index is 2.40. The van der Waals surface area contributed by atoms with Gasteiger partial charge >= 0.3 is 0 Å². The highest BCUT2D eigenvalue weighted by Crippen LogP contribution is 2.25. The average molecular weight is 271 g/mol. The maximum absolute atomic E-state index is 13.0. The summed E-state index contributed by atoms with van der Waals surface area (Å²) in [6, 6.07) is 6.36. The van der Waals surface area contributed by atoms with Gasteiger partial charge < -0.3 is 10.3 Å². The maximum Gasteiger partial charge on any atom is 0.167 e. The third kappa shape index (κ3) is 2.08. The van der Waals surface area contributed by atoms with Crippen LogP contribution >= 0.6 is 15.9 Å². The fraction of sp³-hybridized carbons (Fsp3) is 0.100. The molecular weight excluding hydrogens is 263 g/mol. The molecule has 3 nitrogen and oxygen atoms in total. The average Bonchev–Trinajstić information content (AvgIpc) is 2.70. The number of hydrogen-bond donors (Lipinski definition) is 1. The first-order valence-corrected chi connectivity index (χ1v) is 5.11. The third-order valence-electron chi connectivity index (χ3n) is 1.97. The van der Waals surface area contributed by atoms with E-state index in [4.69, 9.17) is 10.3 Å². The predicted octanol–water partition coefficient (Wildman–Crippen LogP) is 2.70. The van der Waals surface area contributed by atoms with Crippen molar-refractivity contribution in [3.05, 3.63) is 40.2 Å². The number of rotatable bonds is 2. The predicted molar refractivity (Wildman–Crippen MR) is 57.5 cm³/mol. The molecule has 0 atom stereocenters. The Hall–Kier alpha value is -1.20. The first kappa shape index (κ1) is 10.3. The fourth-order valence-electron chi connectivity index (χ4n) is 1.19. The summed E-state index contributed by atoms with van der Waals surface area (Å²) in [4.78, 5) is 0. The van der Waals surface area contributed by atoms with E-state index in [1.165, 1.54) is 6.07 Å². The third-order valence-corrected chi connectivity index (χ3v) is 2.58. The van der Waals surface area contributed by atoms with Gasteiger partial charge in [-0.05, 0) is 34.1 Å². The Morgan fingerprint density at radius 1 is 1.40 bits per heavy atom. The van der Waals surface area contributed by atoms with Crippen LogP contribution in [0.4, 0.5) is 4.39 Å². The van der Waals surface area contributed by atoms with Crippen molar-refractivity contribution >= 4 is 15.9 Å². The van der Waals surface area contributed by atoms with Crippen molar-refractivity contribution in [3.8, 4) is 11.3 Å². The number of halogens is 2. The minimum Gasteiger partial charge on any atom is -0.356 e. The molecule has 78 valence electrons. The standard InChI is InChI=1S/C10H8BrFN2O/c11-8-3-6(1-2-9(8)12)10-4-7(5-13)14-15-10/h1-4H,5,13H2. The molecule has 0 aliphatic rings. The van der Waals surface area contributed by atoms with Crippen molar-refractivity contribution < 1.29 is 8.91 Å². The Kier molecular flexibility index (Phi) is 2.83. The number of benzene rings is 1. The first-order chi connectivity index (χ1) is 7.20. The van der Waals surface area contributed by atoms with Crippen LogP contribution in [-0.2, 0) is 6.54 Å².